The molecule has 0 fully saturated rings. The number of hydrogen-bond acceptors (Lipinski definition) is 4. The Hall–Kier alpha value is -2.15. The van der Waals surface area contributed by atoms with Gasteiger partial charge in [-0.1, -0.05) is 31.5 Å². The van der Waals surface area contributed by atoms with Crippen LogP contribution in [0.3, 0.4) is 0 Å². The number of carbonyl (C=O) groups is 2. The SMILES string of the molecule is CC(C)[C@@H](NC(=O)c1c(Cl)cccc1[N+](=O)[O-])C(=O)O. The van der Waals surface area contributed by atoms with Crippen molar-refractivity contribution in [2.45, 2.75) is 19.9 Å². The van der Waals surface area contributed by atoms with E-state index in [9.17, 15) is 19.7 Å². The number of carbonyl (C=O) groups excluding carboxylic acids is 1. The number of nitrogens with one attached hydrogen (secondary N) is 1. The largest absolute Gasteiger partial charge is 0.480 e. The van der Waals surface area contributed by atoms with Gasteiger partial charge in [0.25, 0.3) is 11.6 Å². The fourth-order valence-electron chi connectivity index (χ4n) is 1.62. The Bertz CT molecular complexity index is 559. The summed E-state index contributed by atoms with van der Waals surface area (Å²) in [6.45, 7) is 3.22. The molecule has 1 atom stereocenters. The van der Waals surface area contributed by atoms with Crippen molar-refractivity contribution >= 4 is 29.2 Å². The summed E-state index contributed by atoms with van der Waals surface area (Å²) >= 11 is 5.80. The van der Waals surface area contributed by atoms with E-state index in [4.69, 9.17) is 16.7 Å². The number of carboxylic acid groups (broad SMARTS) is 1. The molecule has 0 saturated carbocycles. The van der Waals surface area contributed by atoms with Gasteiger partial charge in [0.1, 0.15) is 11.6 Å². The Labute approximate surface area is 119 Å². The van der Waals surface area contributed by atoms with Gasteiger partial charge in [0.05, 0.1) is 9.95 Å². The van der Waals surface area contributed by atoms with Crippen LogP contribution in [0.4, 0.5) is 5.69 Å². The van der Waals surface area contributed by atoms with Crippen LogP contribution in [0, 0.1) is 16.0 Å². The van der Waals surface area contributed by atoms with Gasteiger partial charge in [0, 0.05) is 6.07 Å². The monoisotopic (exact) mass is 300 g/mol. The molecular formula is C12H13ClN2O5. The quantitative estimate of drug-likeness (QED) is 0.639. The molecule has 20 heavy (non-hydrogen) atoms. The van der Waals surface area contributed by atoms with Crippen LogP contribution in [0.25, 0.3) is 0 Å². The zero-order chi connectivity index (χ0) is 15.4. The van der Waals surface area contributed by atoms with E-state index in [1.807, 2.05) is 0 Å². The molecular weight excluding hydrogens is 288 g/mol. The number of benzene rings is 1. The lowest BCUT2D eigenvalue weighted by atomic mass is 10.0. The van der Waals surface area contributed by atoms with E-state index in [1.165, 1.54) is 12.1 Å². The molecule has 1 aromatic carbocycles. The Balaban J connectivity index is 3.15. The molecule has 0 aliphatic carbocycles. The lowest BCUT2D eigenvalue weighted by Crippen LogP contribution is -2.44. The van der Waals surface area contributed by atoms with Crippen LogP contribution in [0.2, 0.25) is 5.02 Å². The van der Waals surface area contributed by atoms with Crippen molar-refractivity contribution in [3.05, 3.63) is 38.9 Å². The van der Waals surface area contributed by atoms with Gasteiger partial charge >= 0.3 is 5.97 Å². The Morgan fingerprint density at radius 3 is 2.45 bits per heavy atom. The third-order valence-corrected chi connectivity index (χ3v) is 2.95. The van der Waals surface area contributed by atoms with Crippen LogP contribution in [0.1, 0.15) is 24.2 Å². The average molecular weight is 301 g/mol. The van der Waals surface area contributed by atoms with Crippen LogP contribution >= 0.6 is 11.6 Å². The third kappa shape index (κ3) is 3.45. The molecule has 1 amide bonds. The molecule has 0 aromatic heterocycles. The van der Waals surface area contributed by atoms with E-state index in [-0.39, 0.29) is 16.5 Å². The molecule has 1 rings (SSSR count). The van der Waals surface area contributed by atoms with Crippen LogP contribution in [-0.4, -0.2) is 27.9 Å². The van der Waals surface area contributed by atoms with Gasteiger partial charge in [0.2, 0.25) is 0 Å². The van der Waals surface area contributed by atoms with Crippen molar-refractivity contribution in [3.63, 3.8) is 0 Å². The molecule has 0 heterocycles. The number of amides is 1. The first-order valence-corrected chi connectivity index (χ1v) is 6.10. The number of rotatable bonds is 5. The molecule has 0 spiro atoms. The van der Waals surface area contributed by atoms with Gasteiger partial charge in [-0.05, 0) is 12.0 Å². The van der Waals surface area contributed by atoms with Gasteiger partial charge in [-0.2, -0.15) is 0 Å². The van der Waals surface area contributed by atoms with Crippen LogP contribution in [0.5, 0.6) is 0 Å². The highest BCUT2D eigenvalue weighted by Gasteiger charge is 2.29. The number of nitrogens with zero attached hydrogens (tertiary/aromatic N) is 1. The second-order valence-electron chi connectivity index (χ2n) is 4.42. The Morgan fingerprint density at radius 1 is 1.40 bits per heavy atom. The number of nitro benzene ring substituents is 1. The fourth-order valence-corrected chi connectivity index (χ4v) is 1.87. The minimum Gasteiger partial charge on any atom is -0.480 e. The van der Waals surface area contributed by atoms with Crippen molar-refractivity contribution in [1.29, 1.82) is 0 Å². The second-order valence-corrected chi connectivity index (χ2v) is 4.83. The zero-order valence-corrected chi connectivity index (χ0v) is 11.5. The number of aliphatic carboxylic acids is 1. The third-order valence-electron chi connectivity index (χ3n) is 2.63. The number of nitro groups is 1. The van der Waals surface area contributed by atoms with E-state index in [0.717, 1.165) is 6.07 Å². The predicted molar refractivity (Wildman–Crippen MR) is 71.8 cm³/mol. The molecule has 1 aromatic rings. The first-order chi connectivity index (χ1) is 9.25. The lowest BCUT2D eigenvalue weighted by molar-refractivity contribution is -0.385. The number of carboxylic acids is 1. The van der Waals surface area contributed by atoms with E-state index < -0.39 is 28.5 Å². The van der Waals surface area contributed by atoms with E-state index >= 15 is 0 Å². The van der Waals surface area contributed by atoms with Crippen LogP contribution in [-0.2, 0) is 4.79 Å². The molecule has 0 radical (unpaired) electrons. The van der Waals surface area contributed by atoms with Gasteiger partial charge < -0.3 is 10.4 Å². The van der Waals surface area contributed by atoms with Crippen molar-refractivity contribution in [1.82, 2.24) is 5.32 Å². The first-order valence-electron chi connectivity index (χ1n) is 5.72. The first kappa shape index (κ1) is 15.9. The summed E-state index contributed by atoms with van der Waals surface area (Å²) < 4.78 is 0. The minimum atomic E-state index is -1.22. The van der Waals surface area contributed by atoms with E-state index in [0.29, 0.717) is 0 Å². The summed E-state index contributed by atoms with van der Waals surface area (Å²) in [6.07, 6.45) is 0. The van der Waals surface area contributed by atoms with E-state index in [2.05, 4.69) is 5.32 Å². The van der Waals surface area contributed by atoms with Gasteiger partial charge in [-0.25, -0.2) is 4.79 Å². The van der Waals surface area contributed by atoms with Crippen molar-refractivity contribution in [2.75, 3.05) is 0 Å². The smallest absolute Gasteiger partial charge is 0.326 e. The van der Waals surface area contributed by atoms with Gasteiger partial charge in [0.15, 0.2) is 0 Å². The summed E-state index contributed by atoms with van der Waals surface area (Å²) in [7, 11) is 0. The predicted octanol–water partition coefficient (Wildman–Crippen LogP) is 2.09. The molecule has 0 saturated heterocycles. The number of hydrogen-bond donors (Lipinski definition) is 2. The topological polar surface area (TPSA) is 110 Å². The highest BCUT2D eigenvalue weighted by atomic mass is 35.5. The summed E-state index contributed by atoms with van der Waals surface area (Å²) in [5, 5.41) is 22.0. The summed E-state index contributed by atoms with van der Waals surface area (Å²) in [4.78, 5) is 33.2. The fraction of sp³-hybridized carbons (Fsp3) is 0.333. The normalized spacial score (nSPS) is 12.0. The highest BCUT2D eigenvalue weighted by molar-refractivity contribution is 6.34. The molecule has 2 N–H and O–H groups in total. The van der Waals surface area contributed by atoms with Gasteiger partial charge in [-0.3, -0.25) is 14.9 Å². The van der Waals surface area contributed by atoms with Gasteiger partial charge in [-0.15, -0.1) is 0 Å². The van der Waals surface area contributed by atoms with E-state index in [1.54, 1.807) is 13.8 Å². The average Bonchev–Trinajstić information content (AvgIpc) is 2.34. The van der Waals surface area contributed by atoms with Crippen LogP contribution < -0.4 is 5.32 Å². The second kappa shape index (κ2) is 6.33. The molecule has 7 nitrogen and oxygen atoms in total. The van der Waals surface area contributed by atoms with Crippen molar-refractivity contribution in [3.8, 4) is 0 Å². The lowest BCUT2D eigenvalue weighted by Gasteiger charge is -2.18. The standard InChI is InChI=1S/C12H13ClN2O5/c1-6(2)10(12(17)18)14-11(16)9-7(13)4-3-5-8(9)15(19)20/h3-6,10H,1-2H3,(H,14,16)(H,17,18)/t10-/m1/s1. The Kier molecular flexibility index (Phi) is 5.04. The Morgan fingerprint density at radius 2 is 2.00 bits per heavy atom. The summed E-state index contributed by atoms with van der Waals surface area (Å²) in [6, 6.07) is 2.65. The highest BCUT2D eigenvalue weighted by Crippen LogP contribution is 2.26. The summed E-state index contributed by atoms with van der Waals surface area (Å²) in [5.74, 6) is -2.48. The zero-order valence-electron chi connectivity index (χ0n) is 10.8. The maximum absolute atomic E-state index is 12.0. The van der Waals surface area contributed by atoms with Crippen LogP contribution in [0.15, 0.2) is 18.2 Å². The molecule has 0 unspecified atom stereocenters. The molecule has 0 aliphatic rings. The maximum Gasteiger partial charge on any atom is 0.326 e. The van der Waals surface area contributed by atoms with Crippen molar-refractivity contribution in [2.24, 2.45) is 5.92 Å². The van der Waals surface area contributed by atoms with Crippen molar-refractivity contribution < 1.29 is 19.6 Å². The molecule has 8 heteroatoms. The summed E-state index contributed by atoms with van der Waals surface area (Å²) in [5.41, 5.74) is -0.811. The number of halogens is 1. The molecule has 108 valence electrons. The molecule has 0 bridgehead atoms. The maximum atomic E-state index is 12.0. The minimum absolute atomic E-state index is 0.107. The molecule has 0 aliphatic heterocycles.